The Bertz CT molecular complexity index is 492. The summed E-state index contributed by atoms with van der Waals surface area (Å²) in [6.45, 7) is 0. The summed E-state index contributed by atoms with van der Waals surface area (Å²) in [6, 6.07) is 3.26. The lowest BCUT2D eigenvalue weighted by atomic mass is 10.4. The van der Waals surface area contributed by atoms with Crippen LogP contribution in [-0.4, -0.2) is 14.5 Å². The Morgan fingerprint density at radius 1 is 1.29 bits per heavy atom. The van der Waals surface area contributed by atoms with E-state index in [-0.39, 0.29) is 11.2 Å². The summed E-state index contributed by atoms with van der Waals surface area (Å²) in [5, 5.41) is 0. The SMILES string of the molecule is Nc1cccn(-c2cncnc2)c1=O. The van der Waals surface area contributed by atoms with Gasteiger partial charge in [0.2, 0.25) is 0 Å². The van der Waals surface area contributed by atoms with Crippen LogP contribution in [0.2, 0.25) is 0 Å². The van der Waals surface area contributed by atoms with Gasteiger partial charge in [-0.2, -0.15) is 0 Å². The van der Waals surface area contributed by atoms with Crippen LogP contribution < -0.4 is 11.3 Å². The first kappa shape index (κ1) is 8.43. The number of aromatic nitrogens is 3. The summed E-state index contributed by atoms with van der Waals surface area (Å²) in [7, 11) is 0. The molecule has 2 N–H and O–H groups in total. The standard InChI is InChI=1S/C9H8N4O/c10-8-2-1-3-13(9(8)14)7-4-11-6-12-5-7/h1-6H,10H2. The minimum absolute atomic E-state index is 0.205. The van der Waals surface area contributed by atoms with Crippen molar-refractivity contribution in [2.24, 2.45) is 0 Å². The Hall–Kier alpha value is -2.17. The summed E-state index contributed by atoms with van der Waals surface area (Å²) in [6.07, 6.45) is 6.12. The topological polar surface area (TPSA) is 73.8 Å². The molecule has 14 heavy (non-hydrogen) atoms. The first-order valence-corrected chi connectivity index (χ1v) is 4.01. The van der Waals surface area contributed by atoms with Gasteiger partial charge < -0.3 is 5.73 Å². The van der Waals surface area contributed by atoms with Gasteiger partial charge in [0.1, 0.15) is 6.33 Å². The van der Waals surface area contributed by atoms with E-state index in [1.54, 1.807) is 30.7 Å². The predicted octanol–water partition coefficient (Wildman–Crippen LogP) is 0.210. The summed E-state index contributed by atoms with van der Waals surface area (Å²) in [4.78, 5) is 19.2. The Morgan fingerprint density at radius 3 is 2.71 bits per heavy atom. The molecule has 0 fully saturated rings. The van der Waals surface area contributed by atoms with E-state index in [1.165, 1.54) is 10.9 Å². The molecule has 2 heterocycles. The summed E-state index contributed by atoms with van der Waals surface area (Å²) >= 11 is 0. The summed E-state index contributed by atoms with van der Waals surface area (Å²) < 4.78 is 1.40. The van der Waals surface area contributed by atoms with Crippen molar-refractivity contribution in [3.05, 3.63) is 47.4 Å². The maximum absolute atomic E-state index is 11.6. The number of nitrogen functional groups attached to an aromatic ring is 1. The molecule has 0 bridgehead atoms. The zero-order valence-electron chi connectivity index (χ0n) is 7.29. The molecule has 5 nitrogen and oxygen atoms in total. The highest BCUT2D eigenvalue weighted by molar-refractivity contribution is 5.38. The molecule has 0 unspecified atom stereocenters. The second-order valence-corrected chi connectivity index (χ2v) is 2.74. The quantitative estimate of drug-likeness (QED) is 0.694. The molecule has 5 heteroatoms. The van der Waals surface area contributed by atoms with Crippen LogP contribution >= 0.6 is 0 Å². The van der Waals surface area contributed by atoms with E-state index in [2.05, 4.69) is 9.97 Å². The maximum atomic E-state index is 11.6. The molecule has 0 spiro atoms. The van der Waals surface area contributed by atoms with Crippen LogP contribution in [0.5, 0.6) is 0 Å². The van der Waals surface area contributed by atoms with E-state index in [1.807, 2.05) is 0 Å². The van der Waals surface area contributed by atoms with Crippen LogP contribution in [0.15, 0.2) is 41.8 Å². The van der Waals surface area contributed by atoms with Gasteiger partial charge in [-0.15, -0.1) is 0 Å². The van der Waals surface area contributed by atoms with Crippen molar-refractivity contribution in [3.63, 3.8) is 0 Å². The third kappa shape index (κ3) is 1.35. The monoisotopic (exact) mass is 188 g/mol. The van der Waals surface area contributed by atoms with E-state index in [4.69, 9.17) is 5.73 Å². The van der Waals surface area contributed by atoms with Crippen molar-refractivity contribution in [1.82, 2.24) is 14.5 Å². The highest BCUT2D eigenvalue weighted by Gasteiger charge is 2.00. The highest BCUT2D eigenvalue weighted by atomic mass is 16.1. The lowest BCUT2D eigenvalue weighted by Crippen LogP contribution is -2.20. The van der Waals surface area contributed by atoms with E-state index in [9.17, 15) is 4.79 Å². The summed E-state index contributed by atoms with van der Waals surface area (Å²) in [5.74, 6) is 0. The Balaban J connectivity index is 2.64. The van der Waals surface area contributed by atoms with Crippen molar-refractivity contribution in [2.45, 2.75) is 0 Å². The zero-order valence-corrected chi connectivity index (χ0v) is 7.29. The van der Waals surface area contributed by atoms with E-state index in [0.717, 1.165) is 0 Å². The van der Waals surface area contributed by atoms with Crippen LogP contribution in [0.4, 0.5) is 5.69 Å². The van der Waals surface area contributed by atoms with Crippen LogP contribution in [0.25, 0.3) is 5.69 Å². The zero-order chi connectivity index (χ0) is 9.97. The van der Waals surface area contributed by atoms with Gasteiger partial charge in [0, 0.05) is 6.20 Å². The molecule has 2 rings (SSSR count). The third-order valence-corrected chi connectivity index (χ3v) is 1.80. The number of anilines is 1. The second-order valence-electron chi connectivity index (χ2n) is 2.74. The molecule has 0 radical (unpaired) electrons. The van der Waals surface area contributed by atoms with E-state index in [0.29, 0.717) is 5.69 Å². The number of hydrogen-bond acceptors (Lipinski definition) is 4. The fraction of sp³-hybridized carbons (Fsp3) is 0. The number of rotatable bonds is 1. The smallest absolute Gasteiger partial charge is 0.278 e. The lowest BCUT2D eigenvalue weighted by Gasteiger charge is -2.03. The predicted molar refractivity (Wildman–Crippen MR) is 52.0 cm³/mol. The fourth-order valence-electron chi connectivity index (χ4n) is 1.13. The van der Waals surface area contributed by atoms with E-state index >= 15 is 0 Å². The van der Waals surface area contributed by atoms with Gasteiger partial charge in [-0.1, -0.05) is 0 Å². The Kier molecular flexibility index (Phi) is 1.98. The van der Waals surface area contributed by atoms with Crippen molar-refractivity contribution >= 4 is 5.69 Å². The van der Waals surface area contributed by atoms with Gasteiger partial charge in [-0.3, -0.25) is 9.36 Å². The molecular formula is C9H8N4O. The second kappa shape index (κ2) is 3.29. The fourth-order valence-corrected chi connectivity index (χ4v) is 1.13. The molecule has 2 aromatic heterocycles. The molecule has 0 aliphatic heterocycles. The molecule has 0 saturated carbocycles. The van der Waals surface area contributed by atoms with E-state index < -0.39 is 0 Å². The minimum Gasteiger partial charge on any atom is -0.394 e. The lowest BCUT2D eigenvalue weighted by molar-refractivity contribution is 0.961. The molecule has 70 valence electrons. The molecule has 0 aromatic carbocycles. The van der Waals surface area contributed by atoms with Crippen molar-refractivity contribution in [2.75, 3.05) is 5.73 Å². The molecule has 2 aromatic rings. The number of nitrogens with zero attached hydrogens (tertiary/aromatic N) is 3. The molecule has 0 atom stereocenters. The minimum atomic E-state index is -0.262. The average molecular weight is 188 g/mol. The van der Waals surface area contributed by atoms with Crippen LogP contribution in [-0.2, 0) is 0 Å². The van der Waals surface area contributed by atoms with Gasteiger partial charge in [-0.25, -0.2) is 9.97 Å². The van der Waals surface area contributed by atoms with Crippen molar-refractivity contribution in [1.29, 1.82) is 0 Å². The highest BCUT2D eigenvalue weighted by Crippen LogP contribution is 2.01. The normalized spacial score (nSPS) is 10.0. The number of nitrogens with two attached hydrogens (primary N) is 1. The molecule has 0 aliphatic rings. The number of hydrogen-bond donors (Lipinski definition) is 1. The van der Waals surface area contributed by atoms with Gasteiger partial charge in [0.25, 0.3) is 5.56 Å². The molecule has 0 amide bonds. The molecule has 0 aliphatic carbocycles. The summed E-state index contributed by atoms with van der Waals surface area (Å²) in [5.41, 5.74) is 6.03. The maximum Gasteiger partial charge on any atom is 0.278 e. The van der Waals surface area contributed by atoms with Gasteiger partial charge in [0.05, 0.1) is 23.8 Å². The van der Waals surface area contributed by atoms with Crippen LogP contribution in [0, 0.1) is 0 Å². The molecular weight excluding hydrogens is 180 g/mol. The first-order valence-electron chi connectivity index (χ1n) is 4.01. The van der Waals surface area contributed by atoms with Gasteiger partial charge in [-0.05, 0) is 12.1 Å². The largest absolute Gasteiger partial charge is 0.394 e. The molecule has 0 saturated heterocycles. The first-order chi connectivity index (χ1) is 6.79. The number of pyridine rings is 1. The third-order valence-electron chi connectivity index (χ3n) is 1.80. The van der Waals surface area contributed by atoms with Gasteiger partial charge in [0.15, 0.2) is 0 Å². The average Bonchev–Trinajstić information content (AvgIpc) is 2.23. The Morgan fingerprint density at radius 2 is 2.00 bits per heavy atom. The van der Waals surface area contributed by atoms with Crippen molar-refractivity contribution < 1.29 is 0 Å². The van der Waals surface area contributed by atoms with Crippen LogP contribution in [0.1, 0.15) is 0 Å². The van der Waals surface area contributed by atoms with Crippen molar-refractivity contribution in [3.8, 4) is 5.69 Å². The van der Waals surface area contributed by atoms with Gasteiger partial charge >= 0.3 is 0 Å². The Labute approximate surface area is 79.9 Å². The van der Waals surface area contributed by atoms with Crippen LogP contribution in [0.3, 0.4) is 0 Å².